The predicted octanol–water partition coefficient (Wildman–Crippen LogP) is 4.35. The predicted molar refractivity (Wildman–Crippen MR) is 123 cm³/mol. The summed E-state index contributed by atoms with van der Waals surface area (Å²) in [6.07, 6.45) is 6.20. The molecule has 0 spiro atoms. The molecule has 2 heterocycles. The molecule has 7 nitrogen and oxygen atoms in total. The molecule has 0 bridgehead atoms. The van der Waals surface area contributed by atoms with E-state index >= 15 is 0 Å². The summed E-state index contributed by atoms with van der Waals surface area (Å²) >= 11 is 1.71. The van der Waals surface area contributed by atoms with Gasteiger partial charge in [0, 0.05) is 28.4 Å². The van der Waals surface area contributed by atoms with E-state index in [4.69, 9.17) is 4.74 Å². The Labute approximate surface area is 188 Å². The van der Waals surface area contributed by atoms with Crippen LogP contribution in [-0.4, -0.2) is 29.1 Å². The van der Waals surface area contributed by atoms with Gasteiger partial charge in [-0.3, -0.25) is 9.59 Å². The zero-order valence-corrected chi connectivity index (χ0v) is 18.7. The summed E-state index contributed by atoms with van der Waals surface area (Å²) < 4.78 is 5.83. The van der Waals surface area contributed by atoms with Crippen molar-refractivity contribution in [2.45, 2.75) is 51.0 Å². The SMILES string of the molecule is COc1c(-c2cc3c(s2)CCCC3NC(C)=O)c(C2CC2)cc2c(=O)c(C(=O)O)c[nH]c12. The number of methoxy groups -OCH3 is 1. The highest BCUT2D eigenvalue weighted by molar-refractivity contribution is 7.15. The Morgan fingerprint density at radius 1 is 1.22 bits per heavy atom. The molecule has 0 saturated heterocycles. The molecule has 5 rings (SSSR count). The van der Waals surface area contributed by atoms with Crippen LogP contribution in [0.5, 0.6) is 5.75 Å². The number of amides is 1. The normalized spacial score (nSPS) is 17.8. The molecule has 1 atom stereocenters. The first-order valence-corrected chi connectivity index (χ1v) is 11.6. The molecule has 2 aliphatic carbocycles. The molecule has 3 N–H and O–H groups in total. The molecule has 3 aromatic rings. The number of fused-ring (bicyclic) bond motifs is 2. The van der Waals surface area contributed by atoms with Crippen molar-refractivity contribution in [1.82, 2.24) is 10.3 Å². The molecular formula is C24H24N2O5S. The number of carbonyl (C=O) groups is 2. The van der Waals surface area contributed by atoms with Gasteiger partial charge in [-0.1, -0.05) is 0 Å². The van der Waals surface area contributed by atoms with Crippen molar-refractivity contribution in [3.05, 3.63) is 50.1 Å². The van der Waals surface area contributed by atoms with Crippen LogP contribution in [0, 0.1) is 0 Å². The summed E-state index contributed by atoms with van der Waals surface area (Å²) in [5.74, 6) is -0.405. The van der Waals surface area contributed by atoms with Crippen LogP contribution in [0.2, 0.25) is 0 Å². The Bertz CT molecular complexity index is 1320. The Balaban J connectivity index is 1.74. The number of thiophene rings is 1. The Kier molecular flexibility index (Phi) is 5.04. The van der Waals surface area contributed by atoms with Crippen LogP contribution < -0.4 is 15.5 Å². The number of rotatable bonds is 5. The maximum absolute atomic E-state index is 12.9. The van der Waals surface area contributed by atoms with Crippen LogP contribution >= 0.6 is 11.3 Å². The van der Waals surface area contributed by atoms with Gasteiger partial charge in [-0.2, -0.15) is 0 Å². The van der Waals surface area contributed by atoms with Crippen LogP contribution in [0.1, 0.15) is 70.9 Å². The number of carbonyl (C=O) groups excluding carboxylic acids is 1. The molecule has 2 aromatic heterocycles. The second-order valence-corrected chi connectivity index (χ2v) is 9.68. The topological polar surface area (TPSA) is 108 Å². The van der Waals surface area contributed by atoms with Crippen molar-refractivity contribution in [2.24, 2.45) is 0 Å². The number of carboxylic acids is 1. The van der Waals surface area contributed by atoms with Crippen molar-refractivity contribution < 1.29 is 19.4 Å². The van der Waals surface area contributed by atoms with E-state index in [1.54, 1.807) is 25.4 Å². The smallest absolute Gasteiger partial charge is 0.341 e. The number of ether oxygens (including phenoxy) is 1. The van der Waals surface area contributed by atoms with E-state index < -0.39 is 11.4 Å². The molecule has 166 valence electrons. The fourth-order valence-corrected chi connectivity index (χ4v) is 6.09. The summed E-state index contributed by atoms with van der Waals surface area (Å²) in [5, 5.41) is 12.8. The third-order valence-electron chi connectivity index (χ3n) is 6.35. The minimum atomic E-state index is -1.25. The zero-order chi connectivity index (χ0) is 22.6. The minimum Gasteiger partial charge on any atom is -0.494 e. The Hall–Kier alpha value is -3.13. The standard InChI is InChI=1S/C24H24N2O5S/c1-11(27)26-17-4-3-5-18-14(17)9-19(32-18)20-13(12-6-7-12)8-15-21(23(20)31-2)25-10-16(22(15)28)24(29)30/h8-10,12,17H,3-7H2,1-2H3,(H,25,28)(H,26,27)(H,29,30). The van der Waals surface area contributed by atoms with Crippen LogP contribution in [0.25, 0.3) is 21.3 Å². The number of aryl methyl sites for hydroxylation is 1. The first-order valence-electron chi connectivity index (χ1n) is 10.8. The average Bonchev–Trinajstić information content (AvgIpc) is 3.50. The number of aromatic carboxylic acids is 1. The van der Waals surface area contributed by atoms with E-state index in [1.165, 1.54) is 11.1 Å². The van der Waals surface area contributed by atoms with Gasteiger partial charge in [0.05, 0.1) is 24.1 Å². The molecule has 32 heavy (non-hydrogen) atoms. The molecule has 0 aliphatic heterocycles. The summed E-state index contributed by atoms with van der Waals surface area (Å²) in [7, 11) is 1.58. The largest absolute Gasteiger partial charge is 0.494 e. The van der Waals surface area contributed by atoms with Crippen LogP contribution in [0.3, 0.4) is 0 Å². The van der Waals surface area contributed by atoms with Gasteiger partial charge < -0.3 is 20.1 Å². The Morgan fingerprint density at radius 3 is 2.66 bits per heavy atom. The number of nitrogens with one attached hydrogen (secondary N) is 2. The molecule has 2 aliphatic rings. The maximum atomic E-state index is 12.9. The summed E-state index contributed by atoms with van der Waals surface area (Å²) in [5.41, 5.74) is 2.86. The van der Waals surface area contributed by atoms with Gasteiger partial charge in [-0.15, -0.1) is 11.3 Å². The van der Waals surface area contributed by atoms with Gasteiger partial charge in [0.15, 0.2) is 5.75 Å². The van der Waals surface area contributed by atoms with E-state index in [1.807, 2.05) is 6.07 Å². The first kappa shape index (κ1) is 20.8. The van der Waals surface area contributed by atoms with Gasteiger partial charge >= 0.3 is 5.97 Å². The highest BCUT2D eigenvalue weighted by atomic mass is 32.1. The molecule has 1 aromatic carbocycles. The van der Waals surface area contributed by atoms with Crippen molar-refractivity contribution >= 4 is 34.1 Å². The Morgan fingerprint density at radius 2 is 2.00 bits per heavy atom. The maximum Gasteiger partial charge on any atom is 0.341 e. The van der Waals surface area contributed by atoms with Crippen molar-refractivity contribution in [2.75, 3.05) is 7.11 Å². The van der Waals surface area contributed by atoms with Crippen molar-refractivity contribution in [3.8, 4) is 16.2 Å². The minimum absolute atomic E-state index is 0.00927. The summed E-state index contributed by atoms with van der Waals surface area (Å²) in [6.45, 7) is 1.54. The lowest BCUT2D eigenvalue weighted by atomic mass is 9.92. The van der Waals surface area contributed by atoms with Gasteiger partial charge in [0.1, 0.15) is 5.56 Å². The average molecular weight is 453 g/mol. The number of aromatic amines is 1. The molecule has 1 amide bonds. The van der Waals surface area contributed by atoms with E-state index in [0.29, 0.717) is 22.6 Å². The lowest BCUT2D eigenvalue weighted by molar-refractivity contribution is -0.119. The molecule has 8 heteroatoms. The van der Waals surface area contributed by atoms with E-state index in [2.05, 4.69) is 16.4 Å². The molecule has 1 saturated carbocycles. The summed E-state index contributed by atoms with van der Waals surface area (Å²) in [6, 6.07) is 4.01. The lowest BCUT2D eigenvalue weighted by Gasteiger charge is -2.22. The molecule has 1 fully saturated rings. The number of carboxylic acid groups (broad SMARTS) is 1. The molecule has 0 radical (unpaired) electrons. The lowest BCUT2D eigenvalue weighted by Crippen LogP contribution is -2.28. The van der Waals surface area contributed by atoms with Crippen molar-refractivity contribution in [1.29, 1.82) is 0 Å². The fourth-order valence-electron chi connectivity index (χ4n) is 4.76. The zero-order valence-electron chi connectivity index (χ0n) is 17.9. The second kappa shape index (κ2) is 7.78. The highest BCUT2D eigenvalue weighted by Crippen LogP contribution is 2.52. The van der Waals surface area contributed by atoms with Gasteiger partial charge in [-0.05, 0) is 61.3 Å². The van der Waals surface area contributed by atoms with Gasteiger partial charge in [0.25, 0.3) is 0 Å². The number of aromatic nitrogens is 1. The van der Waals surface area contributed by atoms with Gasteiger partial charge in [0.2, 0.25) is 11.3 Å². The van der Waals surface area contributed by atoms with Crippen LogP contribution in [0.15, 0.2) is 23.1 Å². The molecule has 1 unspecified atom stereocenters. The number of hydrogen-bond acceptors (Lipinski definition) is 5. The van der Waals surface area contributed by atoms with Crippen molar-refractivity contribution in [3.63, 3.8) is 0 Å². The van der Waals surface area contributed by atoms with Crippen LogP contribution in [-0.2, 0) is 11.2 Å². The van der Waals surface area contributed by atoms with Gasteiger partial charge in [-0.25, -0.2) is 4.79 Å². The number of benzene rings is 1. The van der Waals surface area contributed by atoms with Crippen LogP contribution in [0.4, 0.5) is 0 Å². The number of hydrogen-bond donors (Lipinski definition) is 3. The third kappa shape index (κ3) is 3.39. The monoisotopic (exact) mass is 452 g/mol. The summed E-state index contributed by atoms with van der Waals surface area (Å²) in [4.78, 5) is 41.4. The fraction of sp³-hybridized carbons (Fsp3) is 0.375. The second-order valence-electron chi connectivity index (χ2n) is 8.54. The van der Waals surface area contributed by atoms with E-state index in [9.17, 15) is 19.5 Å². The van der Waals surface area contributed by atoms with E-state index in [-0.39, 0.29) is 17.5 Å². The molecular weight excluding hydrogens is 428 g/mol. The first-order chi connectivity index (χ1) is 15.4. The van der Waals surface area contributed by atoms with E-state index in [0.717, 1.165) is 53.7 Å². The quantitative estimate of drug-likeness (QED) is 0.533. The number of H-pyrrole nitrogens is 1. The number of pyridine rings is 1. The third-order valence-corrected chi connectivity index (χ3v) is 7.58. The highest BCUT2D eigenvalue weighted by Gasteiger charge is 2.32.